The number of benzene rings is 2. The molecule has 3 rings (SSSR count). The van der Waals surface area contributed by atoms with E-state index < -0.39 is 96.1 Å². The Hall–Kier alpha value is -5.88. The Balaban J connectivity index is 2.27. The van der Waals surface area contributed by atoms with Crippen LogP contribution in [-0.4, -0.2) is 154 Å². The SMILES string of the molecule is CC(C)C[C@H]1C(=O)O[C@H](Cc2ccc(CO)cc2)C(=O)N(C)[C@@H](CC(C)C)C(=O)O[C@H](C)C(=O)N(C)[C@@H](CC(C)C)C(=O)O[C@H](Cc2ccc(CO)cc2)C(=O)N(C)[C@@H](CC(C)C)C(=O)O[C@H](C)C(=O)N1C. The lowest BCUT2D eigenvalue weighted by molar-refractivity contribution is -0.176. The van der Waals surface area contributed by atoms with Gasteiger partial charge in [-0.05, 0) is 85.5 Å². The van der Waals surface area contributed by atoms with Crippen LogP contribution in [0.3, 0.4) is 0 Å². The largest absolute Gasteiger partial charge is 0.451 e. The number of aliphatic hydroxyl groups excluding tert-OH is 2. The number of likely N-dealkylation sites (N-methyl/N-ethyl adjacent to an activating group) is 4. The third-order valence-electron chi connectivity index (χ3n) is 12.7. The Morgan fingerprint density at radius 1 is 0.389 bits per heavy atom. The highest BCUT2D eigenvalue weighted by Crippen LogP contribution is 2.24. The van der Waals surface area contributed by atoms with Crippen LogP contribution in [0.1, 0.15) is 117 Å². The first kappa shape index (κ1) is 60.4. The van der Waals surface area contributed by atoms with Gasteiger partial charge in [0.05, 0.1) is 13.2 Å². The second kappa shape index (κ2) is 27.8. The molecule has 0 radical (unpaired) electrons. The highest BCUT2D eigenvalue weighted by atomic mass is 16.6. The lowest BCUT2D eigenvalue weighted by Gasteiger charge is -2.35. The molecule has 0 aromatic heterocycles. The van der Waals surface area contributed by atoms with Crippen LogP contribution in [0.2, 0.25) is 0 Å². The van der Waals surface area contributed by atoms with Crippen molar-refractivity contribution in [3.05, 3.63) is 70.8 Å². The quantitative estimate of drug-likeness (QED) is 0.194. The van der Waals surface area contributed by atoms with Crippen molar-refractivity contribution in [1.29, 1.82) is 0 Å². The molecule has 1 aliphatic rings. The maximum absolute atomic E-state index is 14.7. The highest BCUT2D eigenvalue weighted by Gasteiger charge is 2.43. The molecule has 1 fully saturated rings. The molecule has 400 valence electrons. The van der Waals surface area contributed by atoms with Crippen LogP contribution in [0, 0.1) is 23.7 Å². The van der Waals surface area contributed by atoms with Crippen molar-refractivity contribution in [2.75, 3.05) is 28.2 Å². The van der Waals surface area contributed by atoms with Gasteiger partial charge in [0.25, 0.3) is 23.6 Å². The van der Waals surface area contributed by atoms with Gasteiger partial charge < -0.3 is 48.8 Å². The number of esters is 4. The van der Waals surface area contributed by atoms with Crippen molar-refractivity contribution in [2.45, 2.75) is 170 Å². The van der Waals surface area contributed by atoms with E-state index >= 15 is 0 Å². The molecule has 2 aromatic rings. The molecule has 0 unspecified atom stereocenters. The summed E-state index contributed by atoms with van der Waals surface area (Å²) < 4.78 is 23.8. The number of rotatable bonds is 14. The van der Waals surface area contributed by atoms with Gasteiger partial charge in [-0.25, -0.2) is 19.2 Å². The number of ether oxygens (including phenoxy) is 4. The minimum atomic E-state index is -1.55. The maximum Gasteiger partial charge on any atom is 0.329 e. The van der Waals surface area contributed by atoms with Crippen LogP contribution in [-0.2, 0) is 83.4 Å². The number of carbonyl (C=O) groups excluding carboxylic acids is 8. The van der Waals surface area contributed by atoms with E-state index in [2.05, 4.69) is 0 Å². The third-order valence-corrected chi connectivity index (χ3v) is 12.7. The fourth-order valence-electron chi connectivity index (χ4n) is 8.47. The molecular formula is C54H80N4O14. The average molecular weight is 1010 g/mol. The predicted octanol–water partition coefficient (Wildman–Crippen LogP) is 4.65. The zero-order chi connectivity index (χ0) is 54.3. The fourth-order valence-corrected chi connectivity index (χ4v) is 8.47. The molecule has 1 heterocycles. The highest BCUT2D eigenvalue weighted by molar-refractivity contribution is 5.94. The molecule has 0 bridgehead atoms. The van der Waals surface area contributed by atoms with Gasteiger partial charge in [-0.2, -0.15) is 0 Å². The first-order valence-electron chi connectivity index (χ1n) is 25.0. The molecule has 2 N–H and O–H groups in total. The molecule has 2 aromatic carbocycles. The van der Waals surface area contributed by atoms with E-state index in [9.17, 15) is 48.6 Å². The maximum atomic E-state index is 14.7. The Labute approximate surface area is 425 Å². The van der Waals surface area contributed by atoms with Crippen molar-refractivity contribution in [3.63, 3.8) is 0 Å². The van der Waals surface area contributed by atoms with Gasteiger partial charge in [0.2, 0.25) is 0 Å². The van der Waals surface area contributed by atoms with Gasteiger partial charge in [-0.3, -0.25) is 19.2 Å². The summed E-state index contributed by atoms with van der Waals surface area (Å²) in [4.78, 5) is 120. The second-order valence-electron chi connectivity index (χ2n) is 20.7. The van der Waals surface area contributed by atoms with Crippen LogP contribution < -0.4 is 0 Å². The van der Waals surface area contributed by atoms with E-state index in [4.69, 9.17) is 18.9 Å². The van der Waals surface area contributed by atoms with Crippen molar-refractivity contribution >= 4 is 47.5 Å². The van der Waals surface area contributed by atoms with Crippen LogP contribution in [0.15, 0.2) is 48.5 Å². The molecule has 1 aliphatic heterocycles. The van der Waals surface area contributed by atoms with Gasteiger partial charge in [0.1, 0.15) is 24.2 Å². The molecule has 18 heteroatoms. The number of aliphatic hydroxyl groups is 2. The number of cyclic esters (lactones) is 4. The van der Waals surface area contributed by atoms with Crippen molar-refractivity contribution in [3.8, 4) is 0 Å². The lowest BCUT2D eigenvalue weighted by atomic mass is 9.99. The summed E-state index contributed by atoms with van der Waals surface area (Å²) in [7, 11) is 5.44. The van der Waals surface area contributed by atoms with Gasteiger partial charge in [0, 0.05) is 41.0 Å². The zero-order valence-electron chi connectivity index (χ0n) is 44.8. The number of amides is 4. The molecule has 72 heavy (non-hydrogen) atoms. The zero-order valence-corrected chi connectivity index (χ0v) is 44.8. The molecule has 18 nitrogen and oxygen atoms in total. The summed E-state index contributed by atoms with van der Waals surface area (Å²) in [6, 6.07) is 8.09. The fraction of sp³-hybridized carbons (Fsp3) is 0.630. The summed E-state index contributed by atoms with van der Waals surface area (Å²) in [6.07, 6.45) is -6.14. The Morgan fingerprint density at radius 2 is 0.611 bits per heavy atom. The number of hydrogen-bond donors (Lipinski definition) is 2. The summed E-state index contributed by atoms with van der Waals surface area (Å²) in [5.41, 5.74) is 2.29. The summed E-state index contributed by atoms with van der Waals surface area (Å²) in [5, 5.41) is 19.4. The first-order chi connectivity index (χ1) is 33.7. The predicted molar refractivity (Wildman–Crippen MR) is 267 cm³/mol. The normalized spacial score (nSPS) is 24.5. The number of nitrogens with zero attached hydrogens (tertiary/aromatic N) is 4. The molecule has 4 amide bonds. The second-order valence-corrected chi connectivity index (χ2v) is 20.7. The van der Waals surface area contributed by atoms with E-state index in [0.29, 0.717) is 22.3 Å². The topological polar surface area (TPSA) is 227 Å². The number of hydrogen-bond acceptors (Lipinski definition) is 14. The first-order valence-corrected chi connectivity index (χ1v) is 25.0. The van der Waals surface area contributed by atoms with Crippen LogP contribution in [0.25, 0.3) is 0 Å². The van der Waals surface area contributed by atoms with Gasteiger partial charge in [-0.15, -0.1) is 0 Å². The number of carbonyl (C=O) groups is 8. The van der Waals surface area contributed by atoms with Gasteiger partial charge in [-0.1, -0.05) is 104 Å². The van der Waals surface area contributed by atoms with E-state index in [-0.39, 0.29) is 75.4 Å². The summed E-state index contributed by atoms with van der Waals surface area (Å²) >= 11 is 0. The Bertz CT molecular complexity index is 1990. The molecule has 0 saturated carbocycles. The minimum Gasteiger partial charge on any atom is -0.451 e. The summed E-state index contributed by atoms with van der Waals surface area (Å²) in [5.74, 6) is -7.64. The smallest absolute Gasteiger partial charge is 0.329 e. The molecule has 1 saturated heterocycles. The van der Waals surface area contributed by atoms with Crippen molar-refractivity contribution in [2.24, 2.45) is 23.7 Å². The van der Waals surface area contributed by atoms with Crippen molar-refractivity contribution < 1.29 is 67.5 Å². The van der Waals surface area contributed by atoms with Crippen LogP contribution >= 0.6 is 0 Å². The van der Waals surface area contributed by atoms with Crippen LogP contribution in [0.5, 0.6) is 0 Å². The van der Waals surface area contributed by atoms with Crippen molar-refractivity contribution in [1.82, 2.24) is 19.6 Å². The lowest BCUT2D eigenvalue weighted by Crippen LogP contribution is -2.55. The Morgan fingerprint density at radius 3 is 0.847 bits per heavy atom. The van der Waals surface area contributed by atoms with E-state index in [1.54, 1.807) is 48.5 Å². The molecular weight excluding hydrogens is 929 g/mol. The molecule has 0 spiro atoms. The third kappa shape index (κ3) is 17.1. The van der Waals surface area contributed by atoms with E-state index in [1.165, 1.54) is 42.0 Å². The van der Waals surface area contributed by atoms with E-state index in [0.717, 1.165) is 19.6 Å². The molecule has 0 aliphatic carbocycles. The molecule has 8 atom stereocenters. The van der Waals surface area contributed by atoms with Gasteiger partial charge in [0.15, 0.2) is 24.4 Å². The van der Waals surface area contributed by atoms with Gasteiger partial charge >= 0.3 is 23.9 Å². The summed E-state index contributed by atoms with van der Waals surface area (Å²) in [6.45, 7) is 16.8. The standard InChI is InChI=1S/C54H80N4O14/c1-31(2)23-41-51(65)69-35(9)47(61)55(11)44(26-34(7)8)54(68)72-46(28-38-17-21-40(30-60)22-18-38)50(64)58(14)42(24-32(3)4)52(66)70-36(10)48(62)56(12)43(25-33(5)6)53(67)71-45(49(63)57(41)13)27-37-15-19-39(29-59)20-16-37/h15-22,31-36,41-46,59-60H,23-30H2,1-14H3/t35-,36-,41+,42+,43+,44+,45-,46-/m1/s1. The van der Waals surface area contributed by atoms with E-state index in [1.807, 2.05) is 55.4 Å². The van der Waals surface area contributed by atoms with Crippen LogP contribution in [0.4, 0.5) is 0 Å². The monoisotopic (exact) mass is 1010 g/mol. The Kier molecular flexibility index (Phi) is 23.3. The minimum absolute atomic E-state index is 0.0699. The average Bonchev–Trinajstić information content (AvgIpc) is 3.33.